The number of aromatic amines is 1. The zero-order valence-electron chi connectivity index (χ0n) is 17.6. The van der Waals surface area contributed by atoms with Crippen molar-refractivity contribution in [1.82, 2.24) is 20.4 Å². The molecule has 5 rings (SSSR count). The minimum absolute atomic E-state index is 0.114. The number of nitrogens with zero attached hydrogens (tertiary/aromatic N) is 1. The molecule has 0 saturated carbocycles. The number of nitrogens with one attached hydrogen (secondary N) is 3. The second-order valence-electron chi connectivity index (χ2n) is 7.80. The Bertz CT molecular complexity index is 1480. The third kappa shape index (κ3) is 4.08. The van der Waals surface area contributed by atoms with Gasteiger partial charge in [-0.1, -0.05) is 54.6 Å². The zero-order valence-corrected chi connectivity index (χ0v) is 17.6. The summed E-state index contributed by atoms with van der Waals surface area (Å²) in [6.45, 7) is 0.187. The Kier molecular flexibility index (Phi) is 5.36. The maximum absolute atomic E-state index is 14.3. The maximum atomic E-state index is 14.3. The molecule has 2 heterocycles. The molecule has 0 fully saturated rings. The van der Waals surface area contributed by atoms with Crippen molar-refractivity contribution >= 4 is 33.6 Å². The number of carbonyl (C=O) groups excluding carboxylic acids is 2. The summed E-state index contributed by atoms with van der Waals surface area (Å²) in [6, 6.07) is 23.4. The lowest BCUT2D eigenvalue weighted by atomic mass is 10.1. The largest absolute Gasteiger partial charge is 0.361 e. The van der Waals surface area contributed by atoms with E-state index in [1.807, 2.05) is 48.5 Å². The third-order valence-electron chi connectivity index (χ3n) is 5.67. The molecule has 2 aromatic heterocycles. The van der Waals surface area contributed by atoms with Gasteiger partial charge in [-0.05, 0) is 29.8 Å². The molecular weight excluding hydrogens is 419 g/mol. The Labute approximate surface area is 189 Å². The standard InChI is InChI=1S/C26H21FN4O2/c27-21-10-4-1-8-18(21)16-31-23-12-6-2-7-17(23)13-24(31)26(33)30-29-25(32)14-19-15-28-22-11-5-3-9-20(19)22/h1-13,15,28H,14,16H2,(H,29,32)(H,30,33). The summed E-state index contributed by atoms with van der Waals surface area (Å²) < 4.78 is 16.0. The fourth-order valence-electron chi connectivity index (χ4n) is 4.05. The third-order valence-corrected chi connectivity index (χ3v) is 5.67. The molecule has 0 radical (unpaired) electrons. The quantitative estimate of drug-likeness (QED) is 0.356. The van der Waals surface area contributed by atoms with E-state index in [9.17, 15) is 14.0 Å². The van der Waals surface area contributed by atoms with Gasteiger partial charge in [0.05, 0.1) is 13.0 Å². The lowest BCUT2D eigenvalue weighted by Crippen LogP contribution is -2.43. The van der Waals surface area contributed by atoms with Crippen LogP contribution in [0.25, 0.3) is 21.8 Å². The zero-order chi connectivity index (χ0) is 22.8. The van der Waals surface area contributed by atoms with Crippen molar-refractivity contribution in [2.45, 2.75) is 13.0 Å². The minimum atomic E-state index is -0.477. The number of halogens is 1. The number of benzene rings is 3. The highest BCUT2D eigenvalue weighted by Gasteiger charge is 2.18. The minimum Gasteiger partial charge on any atom is -0.361 e. The average molecular weight is 440 g/mol. The van der Waals surface area contributed by atoms with Crippen LogP contribution in [-0.2, 0) is 17.8 Å². The van der Waals surface area contributed by atoms with Gasteiger partial charge in [-0.2, -0.15) is 0 Å². The van der Waals surface area contributed by atoms with Crippen molar-refractivity contribution in [3.63, 3.8) is 0 Å². The van der Waals surface area contributed by atoms with Crippen LogP contribution in [0.5, 0.6) is 0 Å². The van der Waals surface area contributed by atoms with Crippen LogP contribution in [0.2, 0.25) is 0 Å². The number of rotatable bonds is 5. The van der Waals surface area contributed by atoms with E-state index in [0.717, 1.165) is 27.4 Å². The Hall–Kier alpha value is -4.39. The fourth-order valence-corrected chi connectivity index (χ4v) is 4.05. The van der Waals surface area contributed by atoms with Gasteiger partial charge < -0.3 is 9.55 Å². The number of hydrogen-bond acceptors (Lipinski definition) is 2. The van der Waals surface area contributed by atoms with Gasteiger partial charge in [-0.15, -0.1) is 0 Å². The van der Waals surface area contributed by atoms with Crippen LogP contribution in [0, 0.1) is 5.82 Å². The van der Waals surface area contributed by atoms with Crippen LogP contribution in [0.4, 0.5) is 4.39 Å². The summed E-state index contributed by atoms with van der Waals surface area (Å²) in [6.07, 6.45) is 1.90. The molecule has 0 unspecified atom stereocenters. The molecule has 3 N–H and O–H groups in total. The summed E-state index contributed by atoms with van der Waals surface area (Å²) >= 11 is 0. The van der Waals surface area contributed by atoms with Gasteiger partial charge in [0.2, 0.25) is 5.91 Å². The van der Waals surface area contributed by atoms with Crippen LogP contribution in [-0.4, -0.2) is 21.4 Å². The van der Waals surface area contributed by atoms with E-state index in [1.54, 1.807) is 35.0 Å². The highest BCUT2D eigenvalue weighted by atomic mass is 19.1. The first kappa shape index (κ1) is 20.5. The highest BCUT2D eigenvalue weighted by molar-refractivity contribution is 5.99. The SMILES string of the molecule is O=C(Cc1c[nH]c2ccccc12)NNC(=O)c1cc2ccccc2n1Cc1ccccc1F. The molecule has 0 saturated heterocycles. The van der Waals surface area contributed by atoms with Crippen LogP contribution in [0.15, 0.2) is 85.1 Å². The maximum Gasteiger partial charge on any atom is 0.286 e. The number of amides is 2. The lowest BCUT2D eigenvalue weighted by molar-refractivity contribution is -0.121. The fraction of sp³-hybridized carbons (Fsp3) is 0.0769. The number of carbonyl (C=O) groups is 2. The molecule has 0 spiro atoms. The first-order chi connectivity index (χ1) is 16.1. The van der Waals surface area contributed by atoms with Gasteiger partial charge in [0.25, 0.3) is 5.91 Å². The Balaban J connectivity index is 1.35. The van der Waals surface area contributed by atoms with Gasteiger partial charge in [-0.3, -0.25) is 20.4 Å². The van der Waals surface area contributed by atoms with Gasteiger partial charge in [0.1, 0.15) is 11.5 Å². The molecule has 3 aromatic carbocycles. The van der Waals surface area contributed by atoms with Crippen molar-refractivity contribution in [2.24, 2.45) is 0 Å². The second kappa shape index (κ2) is 8.63. The number of hydrogen-bond donors (Lipinski definition) is 3. The van der Waals surface area contributed by atoms with Crippen molar-refractivity contribution in [1.29, 1.82) is 0 Å². The monoisotopic (exact) mass is 440 g/mol. The van der Waals surface area contributed by atoms with Gasteiger partial charge >= 0.3 is 0 Å². The van der Waals surface area contributed by atoms with E-state index in [4.69, 9.17) is 0 Å². The van der Waals surface area contributed by atoms with E-state index in [1.165, 1.54) is 6.07 Å². The van der Waals surface area contributed by atoms with E-state index >= 15 is 0 Å². The Morgan fingerprint density at radius 1 is 0.879 bits per heavy atom. The highest BCUT2D eigenvalue weighted by Crippen LogP contribution is 2.22. The van der Waals surface area contributed by atoms with Crippen molar-refractivity contribution in [3.05, 3.63) is 108 Å². The Morgan fingerprint density at radius 3 is 2.52 bits per heavy atom. The predicted molar refractivity (Wildman–Crippen MR) is 125 cm³/mol. The Morgan fingerprint density at radius 2 is 1.64 bits per heavy atom. The molecule has 33 heavy (non-hydrogen) atoms. The molecule has 164 valence electrons. The van der Waals surface area contributed by atoms with Gasteiger partial charge in [-0.25, -0.2) is 4.39 Å². The normalized spacial score (nSPS) is 11.1. The summed E-state index contributed by atoms with van der Waals surface area (Å²) in [5, 5.41) is 1.81. The molecule has 7 heteroatoms. The number of aromatic nitrogens is 2. The summed E-state index contributed by atoms with van der Waals surface area (Å²) in [5.74, 6) is -1.16. The molecular formula is C26H21FN4O2. The summed E-state index contributed by atoms with van der Waals surface area (Å²) in [7, 11) is 0. The topological polar surface area (TPSA) is 78.9 Å². The molecule has 2 amide bonds. The number of para-hydroxylation sites is 2. The number of hydrazine groups is 1. The average Bonchev–Trinajstić information content (AvgIpc) is 3.41. The summed E-state index contributed by atoms with van der Waals surface area (Å²) in [5.41, 5.74) is 8.37. The smallest absolute Gasteiger partial charge is 0.286 e. The molecule has 0 aliphatic heterocycles. The van der Waals surface area contributed by atoms with Crippen molar-refractivity contribution in [2.75, 3.05) is 0 Å². The van der Waals surface area contributed by atoms with E-state index in [-0.39, 0.29) is 24.7 Å². The lowest BCUT2D eigenvalue weighted by Gasteiger charge is -2.12. The van der Waals surface area contributed by atoms with Crippen LogP contribution in [0.3, 0.4) is 0 Å². The first-order valence-corrected chi connectivity index (χ1v) is 10.6. The molecule has 6 nitrogen and oxygen atoms in total. The van der Waals surface area contributed by atoms with Gasteiger partial charge in [0, 0.05) is 33.6 Å². The van der Waals surface area contributed by atoms with Crippen molar-refractivity contribution < 1.29 is 14.0 Å². The molecule has 0 atom stereocenters. The molecule has 5 aromatic rings. The molecule has 0 aliphatic carbocycles. The van der Waals surface area contributed by atoms with E-state index in [0.29, 0.717) is 11.3 Å². The van der Waals surface area contributed by atoms with E-state index in [2.05, 4.69) is 15.8 Å². The number of fused-ring (bicyclic) bond motifs is 2. The van der Waals surface area contributed by atoms with Crippen LogP contribution < -0.4 is 10.9 Å². The molecule has 0 aliphatic rings. The van der Waals surface area contributed by atoms with E-state index < -0.39 is 5.91 Å². The number of H-pyrrole nitrogens is 1. The predicted octanol–water partition coefficient (Wildman–Crippen LogP) is 4.31. The van der Waals surface area contributed by atoms with Gasteiger partial charge in [0.15, 0.2) is 0 Å². The van der Waals surface area contributed by atoms with Crippen LogP contribution >= 0.6 is 0 Å². The van der Waals surface area contributed by atoms with Crippen molar-refractivity contribution in [3.8, 4) is 0 Å². The van der Waals surface area contributed by atoms with Crippen LogP contribution in [0.1, 0.15) is 21.6 Å². The molecule has 0 bridgehead atoms. The summed E-state index contributed by atoms with van der Waals surface area (Å²) in [4.78, 5) is 28.6. The first-order valence-electron chi connectivity index (χ1n) is 10.6. The second-order valence-corrected chi connectivity index (χ2v) is 7.80.